The molecule has 1 amide bonds. The third-order valence-electron chi connectivity index (χ3n) is 7.66. The standard InChI is InChI=1S/C30H40N4O4S/c1-5-32-21-27(30(36)31-15-18-33(22(2)3)20-24-9-7-6-8-10-24)29(35)26-19-25(11-12-28(26)32)39(37,38)34-16-13-23(4)14-17-34/h6-12,19,21-23H,5,13-18,20H2,1-4H3,(H,31,36). The maximum atomic E-state index is 13.5. The Morgan fingerprint density at radius 1 is 1.10 bits per heavy atom. The molecule has 0 spiro atoms. The zero-order chi connectivity index (χ0) is 28.2. The molecule has 3 aromatic rings. The molecule has 2 aromatic carbocycles. The van der Waals surface area contributed by atoms with E-state index >= 15 is 0 Å². The Labute approximate surface area is 231 Å². The van der Waals surface area contributed by atoms with Gasteiger partial charge in [-0.05, 0) is 63.3 Å². The van der Waals surface area contributed by atoms with E-state index in [1.165, 1.54) is 15.9 Å². The number of hydrogen-bond donors (Lipinski definition) is 1. The van der Waals surface area contributed by atoms with Crippen LogP contribution >= 0.6 is 0 Å². The first-order valence-electron chi connectivity index (χ1n) is 13.8. The minimum Gasteiger partial charge on any atom is -0.351 e. The second-order valence-corrected chi connectivity index (χ2v) is 12.7. The first-order chi connectivity index (χ1) is 18.6. The van der Waals surface area contributed by atoms with E-state index in [-0.39, 0.29) is 21.9 Å². The van der Waals surface area contributed by atoms with E-state index in [4.69, 9.17) is 0 Å². The molecule has 0 atom stereocenters. The van der Waals surface area contributed by atoms with Crippen molar-refractivity contribution in [1.82, 2.24) is 19.1 Å². The summed E-state index contributed by atoms with van der Waals surface area (Å²) in [5.74, 6) is 0.0441. The van der Waals surface area contributed by atoms with Gasteiger partial charge in [-0.2, -0.15) is 4.31 Å². The fraction of sp³-hybridized carbons (Fsp3) is 0.467. The van der Waals surface area contributed by atoms with Gasteiger partial charge in [0.25, 0.3) is 5.91 Å². The minimum atomic E-state index is -3.73. The summed E-state index contributed by atoms with van der Waals surface area (Å²) in [6.07, 6.45) is 3.21. The third-order valence-corrected chi connectivity index (χ3v) is 9.56. The van der Waals surface area contributed by atoms with Crippen LogP contribution in [0.3, 0.4) is 0 Å². The molecule has 4 rings (SSSR count). The highest BCUT2D eigenvalue weighted by Crippen LogP contribution is 2.25. The van der Waals surface area contributed by atoms with Crippen LogP contribution in [0.5, 0.6) is 0 Å². The molecule has 0 unspecified atom stereocenters. The summed E-state index contributed by atoms with van der Waals surface area (Å²) < 4.78 is 30.0. The lowest BCUT2D eigenvalue weighted by Crippen LogP contribution is -2.39. The Balaban J connectivity index is 1.55. The van der Waals surface area contributed by atoms with Gasteiger partial charge in [-0.1, -0.05) is 37.3 Å². The fourth-order valence-electron chi connectivity index (χ4n) is 5.08. The van der Waals surface area contributed by atoms with Crippen LogP contribution in [-0.4, -0.2) is 60.3 Å². The number of sulfonamides is 1. The highest BCUT2D eigenvalue weighted by molar-refractivity contribution is 7.89. The number of pyridine rings is 1. The van der Waals surface area contributed by atoms with Gasteiger partial charge in [-0.25, -0.2) is 8.42 Å². The molecule has 1 aromatic heterocycles. The smallest absolute Gasteiger partial charge is 0.256 e. The van der Waals surface area contributed by atoms with E-state index in [2.05, 4.69) is 43.1 Å². The van der Waals surface area contributed by atoms with E-state index in [1.807, 2.05) is 29.7 Å². The van der Waals surface area contributed by atoms with Crippen LogP contribution < -0.4 is 10.7 Å². The van der Waals surface area contributed by atoms with Crippen LogP contribution in [0.1, 0.15) is 56.5 Å². The number of carbonyl (C=O) groups excluding carboxylic acids is 1. The molecule has 210 valence electrons. The van der Waals surface area contributed by atoms with Crippen molar-refractivity contribution in [3.8, 4) is 0 Å². The summed E-state index contributed by atoms with van der Waals surface area (Å²) in [5.41, 5.74) is 1.37. The molecule has 1 saturated heterocycles. The number of amides is 1. The van der Waals surface area contributed by atoms with Crippen molar-refractivity contribution in [1.29, 1.82) is 0 Å². The SMILES string of the molecule is CCn1cc(C(=O)NCCN(Cc2ccccc2)C(C)C)c(=O)c2cc(S(=O)(=O)N3CCC(C)CC3)ccc21. The number of aromatic nitrogens is 1. The summed E-state index contributed by atoms with van der Waals surface area (Å²) in [6.45, 7) is 11.5. The molecule has 39 heavy (non-hydrogen) atoms. The Kier molecular flexibility index (Phi) is 9.25. The molecule has 0 radical (unpaired) electrons. The quantitative estimate of drug-likeness (QED) is 0.409. The Morgan fingerprint density at radius 3 is 2.44 bits per heavy atom. The Morgan fingerprint density at radius 2 is 1.79 bits per heavy atom. The van der Waals surface area contributed by atoms with E-state index in [1.54, 1.807) is 18.3 Å². The highest BCUT2D eigenvalue weighted by Gasteiger charge is 2.29. The summed E-state index contributed by atoms with van der Waals surface area (Å²) >= 11 is 0. The average molecular weight is 553 g/mol. The monoisotopic (exact) mass is 552 g/mol. The Hall–Kier alpha value is -3.01. The van der Waals surface area contributed by atoms with Crippen LogP contribution in [0.2, 0.25) is 0 Å². The normalized spacial score (nSPS) is 15.3. The van der Waals surface area contributed by atoms with E-state index in [0.29, 0.717) is 44.2 Å². The number of aryl methyl sites for hydroxylation is 1. The van der Waals surface area contributed by atoms with Crippen molar-refractivity contribution in [3.05, 3.63) is 76.1 Å². The maximum absolute atomic E-state index is 13.5. The first-order valence-corrected chi connectivity index (χ1v) is 15.3. The van der Waals surface area contributed by atoms with Gasteiger partial charge >= 0.3 is 0 Å². The molecule has 1 N–H and O–H groups in total. The lowest BCUT2D eigenvalue weighted by Gasteiger charge is -2.29. The van der Waals surface area contributed by atoms with Gasteiger partial charge < -0.3 is 9.88 Å². The Bertz CT molecular complexity index is 1460. The molecular weight excluding hydrogens is 512 g/mol. The molecule has 8 nitrogen and oxygen atoms in total. The molecule has 0 saturated carbocycles. The van der Waals surface area contributed by atoms with Gasteiger partial charge in [0.2, 0.25) is 15.5 Å². The third kappa shape index (κ3) is 6.59. The number of benzene rings is 2. The van der Waals surface area contributed by atoms with Crippen molar-refractivity contribution >= 4 is 26.8 Å². The number of rotatable bonds is 10. The van der Waals surface area contributed by atoms with Gasteiger partial charge in [0, 0.05) is 56.9 Å². The van der Waals surface area contributed by atoms with Gasteiger partial charge in [0.05, 0.1) is 10.4 Å². The summed E-state index contributed by atoms with van der Waals surface area (Å²) in [6, 6.07) is 15.1. The van der Waals surface area contributed by atoms with E-state index < -0.39 is 21.4 Å². The molecule has 1 aliphatic rings. The van der Waals surface area contributed by atoms with E-state index in [0.717, 1.165) is 19.4 Å². The number of hydrogen-bond acceptors (Lipinski definition) is 5. The highest BCUT2D eigenvalue weighted by atomic mass is 32.2. The molecule has 1 fully saturated rings. The first kappa shape index (κ1) is 29.0. The average Bonchev–Trinajstić information content (AvgIpc) is 2.93. The lowest BCUT2D eigenvalue weighted by molar-refractivity contribution is 0.0942. The number of nitrogens with zero attached hydrogens (tertiary/aromatic N) is 3. The molecule has 2 heterocycles. The predicted octanol–water partition coefficient (Wildman–Crippen LogP) is 4.08. The second-order valence-electron chi connectivity index (χ2n) is 10.7. The van der Waals surface area contributed by atoms with Gasteiger partial charge in [-0.15, -0.1) is 0 Å². The molecular formula is C30H40N4O4S. The van der Waals surface area contributed by atoms with Crippen LogP contribution in [0, 0.1) is 5.92 Å². The summed E-state index contributed by atoms with van der Waals surface area (Å²) in [4.78, 5) is 29.0. The van der Waals surface area contributed by atoms with Gasteiger partial charge in [0.1, 0.15) is 5.56 Å². The molecule has 9 heteroatoms. The largest absolute Gasteiger partial charge is 0.351 e. The minimum absolute atomic E-state index is 0.0184. The topological polar surface area (TPSA) is 91.7 Å². The zero-order valence-electron chi connectivity index (χ0n) is 23.4. The lowest BCUT2D eigenvalue weighted by atomic mass is 10.0. The van der Waals surface area contributed by atoms with Crippen molar-refractivity contribution in [3.63, 3.8) is 0 Å². The number of carbonyl (C=O) groups is 1. The summed E-state index contributed by atoms with van der Waals surface area (Å²) in [5, 5.41) is 3.15. The van der Waals surface area contributed by atoms with Crippen molar-refractivity contribution in [2.24, 2.45) is 5.92 Å². The number of piperidine rings is 1. The van der Waals surface area contributed by atoms with E-state index in [9.17, 15) is 18.0 Å². The maximum Gasteiger partial charge on any atom is 0.256 e. The van der Waals surface area contributed by atoms with Crippen molar-refractivity contribution in [2.45, 2.75) is 64.6 Å². The zero-order valence-corrected chi connectivity index (χ0v) is 24.2. The van der Waals surface area contributed by atoms with Gasteiger partial charge in [0.15, 0.2) is 0 Å². The second kappa shape index (κ2) is 12.4. The molecule has 0 aliphatic carbocycles. The molecule has 0 bridgehead atoms. The number of fused-ring (bicyclic) bond motifs is 1. The van der Waals surface area contributed by atoms with Crippen LogP contribution in [-0.2, 0) is 23.1 Å². The summed E-state index contributed by atoms with van der Waals surface area (Å²) in [7, 11) is -3.73. The van der Waals surface area contributed by atoms with Crippen molar-refractivity contribution < 1.29 is 13.2 Å². The van der Waals surface area contributed by atoms with Crippen molar-refractivity contribution in [2.75, 3.05) is 26.2 Å². The van der Waals surface area contributed by atoms with Crippen LogP contribution in [0.25, 0.3) is 10.9 Å². The van der Waals surface area contributed by atoms with Crippen LogP contribution in [0.15, 0.2) is 64.4 Å². The number of nitrogens with one attached hydrogen (secondary N) is 1. The molecule has 1 aliphatic heterocycles. The fourth-order valence-corrected chi connectivity index (χ4v) is 6.58. The predicted molar refractivity (Wildman–Crippen MR) is 155 cm³/mol. The van der Waals surface area contributed by atoms with Crippen LogP contribution in [0.4, 0.5) is 0 Å². The van der Waals surface area contributed by atoms with Gasteiger partial charge in [-0.3, -0.25) is 14.5 Å².